The zero-order valence-corrected chi connectivity index (χ0v) is 11.8. The Morgan fingerprint density at radius 2 is 1.94 bits per heavy atom. The molecular weight excluding hydrogens is 255 g/mol. The van der Waals surface area contributed by atoms with Gasteiger partial charge in [-0.1, -0.05) is 37.0 Å². The number of pyridine rings is 1. The smallest absolute Gasteiger partial charge is 0.150 e. The summed E-state index contributed by atoms with van der Waals surface area (Å²) in [6.45, 7) is 4.41. The Bertz CT molecular complexity index is 542. The lowest BCUT2D eigenvalue weighted by molar-refractivity contribution is 0.644. The second-order valence-electron chi connectivity index (χ2n) is 4.34. The number of rotatable bonds is 3. The average Bonchev–Trinajstić information content (AvgIpc) is 2.60. The maximum Gasteiger partial charge on any atom is 0.150 e. The maximum absolute atomic E-state index is 6.06. The highest BCUT2D eigenvalue weighted by Gasteiger charge is 2.16. The maximum atomic E-state index is 6.06. The molecule has 2 nitrogen and oxygen atoms in total. The summed E-state index contributed by atoms with van der Waals surface area (Å²) in [6.07, 6.45) is 4.38. The minimum absolute atomic E-state index is 0.372. The molecule has 0 atom stereocenters. The van der Waals surface area contributed by atoms with Gasteiger partial charge in [0.25, 0.3) is 0 Å². The van der Waals surface area contributed by atoms with Gasteiger partial charge in [0, 0.05) is 18.6 Å². The minimum atomic E-state index is 0.372. The number of hydrogen-bond acceptors (Lipinski definition) is 1. The molecule has 0 aromatic carbocycles. The van der Waals surface area contributed by atoms with Crippen LogP contribution >= 0.6 is 23.2 Å². The Morgan fingerprint density at radius 1 is 1.29 bits per heavy atom. The van der Waals surface area contributed by atoms with Crippen LogP contribution in [0.2, 0.25) is 10.2 Å². The summed E-state index contributed by atoms with van der Waals surface area (Å²) < 4.78 is 2.02. The molecule has 2 aromatic rings. The van der Waals surface area contributed by atoms with E-state index in [0.717, 1.165) is 23.9 Å². The predicted molar refractivity (Wildman–Crippen MR) is 74.1 cm³/mol. The molecule has 0 saturated heterocycles. The molecule has 0 aliphatic heterocycles. The first-order valence-electron chi connectivity index (χ1n) is 5.89. The van der Waals surface area contributed by atoms with E-state index in [2.05, 4.69) is 25.0 Å². The van der Waals surface area contributed by atoms with Gasteiger partial charge in [-0.2, -0.15) is 0 Å². The minimum Gasteiger partial charge on any atom is -0.335 e. The van der Waals surface area contributed by atoms with Crippen LogP contribution < -0.4 is 0 Å². The highest BCUT2D eigenvalue weighted by Crippen LogP contribution is 2.33. The fourth-order valence-electron chi connectivity index (χ4n) is 2.33. The Morgan fingerprint density at radius 3 is 2.53 bits per heavy atom. The molecule has 0 radical (unpaired) electrons. The van der Waals surface area contributed by atoms with Crippen molar-refractivity contribution in [1.82, 2.24) is 9.55 Å². The van der Waals surface area contributed by atoms with Crippen molar-refractivity contribution < 1.29 is 0 Å². The molecule has 2 rings (SSSR count). The Labute approximate surface area is 112 Å². The summed E-state index contributed by atoms with van der Waals surface area (Å²) in [5.74, 6) is 0.553. The van der Waals surface area contributed by atoms with Crippen molar-refractivity contribution >= 4 is 34.2 Å². The third-order valence-corrected chi connectivity index (χ3v) is 3.99. The van der Waals surface area contributed by atoms with Crippen molar-refractivity contribution in [3.63, 3.8) is 0 Å². The van der Waals surface area contributed by atoms with E-state index in [-0.39, 0.29) is 0 Å². The van der Waals surface area contributed by atoms with E-state index in [1.54, 1.807) is 0 Å². The van der Waals surface area contributed by atoms with Crippen LogP contribution in [0.25, 0.3) is 11.0 Å². The van der Waals surface area contributed by atoms with Gasteiger partial charge in [-0.25, -0.2) is 4.98 Å². The molecule has 0 N–H and O–H groups in total. The largest absolute Gasteiger partial charge is 0.335 e. The van der Waals surface area contributed by atoms with Gasteiger partial charge in [0.2, 0.25) is 0 Å². The van der Waals surface area contributed by atoms with Gasteiger partial charge in [0.15, 0.2) is 0 Å². The van der Waals surface area contributed by atoms with Gasteiger partial charge in [-0.3, -0.25) is 0 Å². The van der Waals surface area contributed by atoms with Crippen LogP contribution in [-0.4, -0.2) is 9.55 Å². The number of fused-ring (bicyclic) bond motifs is 1. The Hall–Kier alpha value is -0.730. The molecule has 92 valence electrons. The number of halogens is 2. The molecule has 0 bridgehead atoms. The zero-order valence-electron chi connectivity index (χ0n) is 10.3. The van der Waals surface area contributed by atoms with Gasteiger partial charge >= 0.3 is 0 Å². The van der Waals surface area contributed by atoms with Crippen LogP contribution in [0, 0.1) is 0 Å². The summed E-state index contributed by atoms with van der Waals surface area (Å²) in [7, 11) is 1.99. The van der Waals surface area contributed by atoms with Gasteiger partial charge < -0.3 is 4.57 Å². The number of nitrogens with zero attached hydrogens (tertiary/aromatic N) is 2. The zero-order chi connectivity index (χ0) is 12.6. The second kappa shape index (κ2) is 4.87. The standard InChI is InChI=1S/C13H16Cl2N2/c1-4-8(5-2)10-7-17(3)13-9(10)6-11(14)12(15)16-13/h6-8H,4-5H2,1-3H3. The molecule has 0 aliphatic carbocycles. The van der Waals surface area contributed by atoms with Crippen molar-refractivity contribution in [2.45, 2.75) is 32.6 Å². The molecule has 0 spiro atoms. The fraction of sp³-hybridized carbons (Fsp3) is 0.462. The van der Waals surface area contributed by atoms with Crippen LogP contribution in [0.15, 0.2) is 12.3 Å². The predicted octanol–water partition coefficient (Wildman–Crippen LogP) is 4.78. The normalized spacial score (nSPS) is 11.6. The summed E-state index contributed by atoms with van der Waals surface area (Å²) in [4.78, 5) is 4.34. The van der Waals surface area contributed by atoms with Crippen LogP contribution in [0.5, 0.6) is 0 Å². The van der Waals surface area contributed by atoms with Crippen LogP contribution in [-0.2, 0) is 7.05 Å². The van der Waals surface area contributed by atoms with Gasteiger partial charge in [-0.15, -0.1) is 0 Å². The van der Waals surface area contributed by atoms with Crippen LogP contribution in [0.4, 0.5) is 0 Å². The van der Waals surface area contributed by atoms with Crippen molar-refractivity contribution in [3.05, 3.63) is 28.0 Å². The molecular formula is C13H16Cl2N2. The molecule has 0 aliphatic rings. The van der Waals surface area contributed by atoms with Crippen molar-refractivity contribution in [2.75, 3.05) is 0 Å². The Balaban J connectivity index is 2.69. The van der Waals surface area contributed by atoms with Crippen LogP contribution in [0.1, 0.15) is 38.2 Å². The lowest BCUT2D eigenvalue weighted by Gasteiger charge is -2.10. The number of aryl methyl sites for hydroxylation is 1. The van der Waals surface area contributed by atoms with Crippen molar-refractivity contribution in [1.29, 1.82) is 0 Å². The van der Waals surface area contributed by atoms with E-state index in [1.165, 1.54) is 5.56 Å². The molecule has 2 heterocycles. The topological polar surface area (TPSA) is 17.8 Å². The molecule has 17 heavy (non-hydrogen) atoms. The Kier molecular flexibility index (Phi) is 3.64. The van der Waals surface area contributed by atoms with E-state index >= 15 is 0 Å². The van der Waals surface area contributed by atoms with E-state index < -0.39 is 0 Å². The molecule has 4 heteroatoms. The van der Waals surface area contributed by atoms with Crippen molar-refractivity contribution in [3.8, 4) is 0 Å². The summed E-state index contributed by atoms with van der Waals surface area (Å²) in [5.41, 5.74) is 2.22. The lowest BCUT2D eigenvalue weighted by Crippen LogP contribution is -1.94. The molecule has 0 unspecified atom stereocenters. The molecule has 0 saturated carbocycles. The summed E-state index contributed by atoms with van der Waals surface area (Å²) in [6, 6.07) is 1.93. The highest BCUT2D eigenvalue weighted by atomic mass is 35.5. The van der Waals surface area contributed by atoms with Gasteiger partial charge in [-0.05, 0) is 30.4 Å². The average molecular weight is 271 g/mol. The summed E-state index contributed by atoms with van der Waals surface area (Å²) >= 11 is 12.0. The third-order valence-electron chi connectivity index (χ3n) is 3.32. The third kappa shape index (κ3) is 2.16. The van der Waals surface area contributed by atoms with E-state index in [4.69, 9.17) is 23.2 Å². The SMILES string of the molecule is CCC(CC)c1cn(C)c2nc(Cl)c(Cl)cc12. The molecule has 0 fully saturated rings. The van der Waals surface area contributed by atoms with E-state index in [9.17, 15) is 0 Å². The second-order valence-corrected chi connectivity index (χ2v) is 5.11. The van der Waals surface area contributed by atoms with Crippen LogP contribution in [0.3, 0.4) is 0 Å². The quantitative estimate of drug-likeness (QED) is 0.734. The van der Waals surface area contributed by atoms with Gasteiger partial charge in [0.05, 0.1) is 5.02 Å². The number of aromatic nitrogens is 2. The first-order valence-corrected chi connectivity index (χ1v) is 6.65. The molecule has 0 amide bonds. The first kappa shape index (κ1) is 12.7. The van der Waals surface area contributed by atoms with E-state index in [0.29, 0.717) is 16.1 Å². The lowest BCUT2D eigenvalue weighted by atomic mass is 9.94. The van der Waals surface area contributed by atoms with E-state index in [1.807, 2.05) is 17.7 Å². The van der Waals surface area contributed by atoms with Gasteiger partial charge in [0.1, 0.15) is 10.8 Å². The number of hydrogen-bond donors (Lipinski definition) is 0. The summed E-state index contributed by atoms with van der Waals surface area (Å²) in [5, 5.41) is 2.02. The fourth-order valence-corrected chi connectivity index (χ4v) is 2.62. The first-order chi connectivity index (χ1) is 8.08. The molecule has 2 aromatic heterocycles. The monoisotopic (exact) mass is 270 g/mol. The van der Waals surface area contributed by atoms with Crippen molar-refractivity contribution in [2.24, 2.45) is 7.05 Å². The highest BCUT2D eigenvalue weighted by molar-refractivity contribution is 6.41.